The zero-order valence-electron chi connectivity index (χ0n) is 16.7. The van der Waals surface area contributed by atoms with E-state index >= 15 is 0 Å². The molecule has 3 aromatic rings. The first-order chi connectivity index (χ1) is 13.8. The van der Waals surface area contributed by atoms with Crippen molar-refractivity contribution in [3.05, 3.63) is 40.7 Å². The van der Waals surface area contributed by atoms with E-state index in [0.29, 0.717) is 47.3 Å². The molecule has 0 radical (unpaired) electrons. The minimum Gasteiger partial charge on any atom is -0.394 e. The number of rotatable bonds is 4. The maximum absolute atomic E-state index is 10.3. The highest BCUT2D eigenvalue weighted by Gasteiger charge is 2.36. The van der Waals surface area contributed by atoms with Gasteiger partial charge in [0, 0.05) is 17.0 Å². The molecular weight excluding hydrogens is 392 g/mol. The summed E-state index contributed by atoms with van der Waals surface area (Å²) < 4.78 is 1.72. The third kappa shape index (κ3) is 3.68. The van der Waals surface area contributed by atoms with Crippen LogP contribution >= 0.6 is 11.6 Å². The Bertz CT molecular complexity index is 1030. The maximum Gasteiger partial charge on any atom is 0.184 e. The molecule has 154 valence electrons. The second-order valence-corrected chi connectivity index (χ2v) is 8.84. The molecule has 1 aliphatic rings. The normalized spacial score (nSPS) is 20.0. The van der Waals surface area contributed by atoms with E-state index in [4.69, 9.17) is 21.6 Å². The minimum atomic E-state index is -0.610. The Morgan fingerprint density at radius 1 is 1.21 bits per heavy atom. The molecule has 0 aliphatic carbocycles. The Labute approximate surface area is 174 Å². The topological polar surface area (TPSA) is 100 Å². The summed E-state index contributed by atoms with van der Waals surface area (Å²) in [5.41, 5.74) is 1.79. The van der Waals surface area contributed by atoms with Crippen LogP contribution in [0.5, 0.6) is 0 Å². The molecule has 1 saturated heterocycles. The number of benzene rings is 1. The number of fused-ring (bicyclic) bond motifs is 1. The van der Waals surface area contributed by atoms with E-state index in [0.717, 1.165) is 5.56 Å². The van der Waals surface area contributed by atoms with Crippen molar-refractivity contribution in [3.8, 4) is 0 Å². The molecule has 1 aliphatic heterocycles. The van der Waals surface area contributed by atoms with Crippen molar-refractivity contribution in [2.45, 2.75) is 51.3 Å². The van der Waals surface area contributed by atoms with Crippen LogP contribution in [0.25, 0.3) is 11.2 Å². The number of hydrogen-bond acceptors (Lipinski definition) is 7. The number of anilines is 1. The van der Waals surface area contributed by atoms with Gasteiger partial charge >= 0.3 is 0 Å². The average Bonchev–Trinajstić information content (AvgIpc) is 3.25. The van der Waals surface area contributed by atoms with Crippen molar-refractivity contribution in [2.75, 3.05) is 18.1 Å². The van der Waals surface area contributed by atoms with Gasteiger partial charge in [-0.2, -0.15) is 0 Å². The van der Waals surface area contributed by atoms with Gasteiger partial charge in [0.1, 0.15) is 5.82 Å². The number of halogens is 1. The summed E-state index contributed by atoms with van der Waals surface area (Å²) in [5, 5.41) is 29.4. The van der Waals surface area contributed by atoms with Crippen LogP contribution in [0.3, 0.4) is 0 Å². The van der Waals surface area contributed by atoms with Crippen molar-refractivity contribution in [2.24, 2.45) is 0 Å². The molecule has 4 rings (SSSR count). The van der Waals surface area contributed by atoms with Gasteiger partial charge in [0.25, 0.3) is 0 Å². The first-order valence-electron chi connectivity index (χ1n) is 9.70. The lowest BCUT2D eigenvalue weighted by atomic mass is 9.95. The molecule has 1 fully saturated rings. The Balaban J connectivity index is 1.86. The quantitative estimate of drug-likeness (QED) is 0.672. The predicted octanol–water partition coefficient (Wildman–Crippen LogP) is 2.15. The summed E-state index contributed by atoms with van der Waals surface area (Å²) in [7, 11) is 0. The predicted molar refractivity (Wildman–Crippen MR) is 111 cm³/mol. The van der Waals surface area contributed by atoms with Crippen LogP contribution in [0.2, 0.25) is 5.02 Å². The maximum atomic E-state index is 10.3. The molecule has 9 heteroatoms. The van der Waals surface area contributed by atoms with E-state index in [1.54, 1.807) is 4.68 Å². The third-order valence-electron chi connectivity index (χ3n) is 5.26. The second kappa shape index (κ2) is 7.51. The summed E-state index contributed by atoms with van der Waals surface area (Å²) in [6, 6.07) is 7.18. The van der Waals surface area contributed by atoms with E-state index in [1.807, 2.05) is 49.9 Å². The van der Waals surface area contributed by atoms with Crippen molar-refractivity contribution in [1.82, 2.24) is 25.0 Å². The van der Waals surface area contributed by atoms with Crippen LogP contribution in [0.15, 0.2) is 24.3 Å². The van der Waals surface area contributed by atoms with Gasteiger partial charge in [-0.15, -0.1) is 5.10 Å². The molecule has 1 aromatic carbocycles. The SMILES string of the molecule is CC(C)(C)c1nc(N2CC[C@@H](O)C2CO)c2nnn(Cc3ccccc3Cl)c2n1. The van der Waals surface area contributed by atoms with E-state index in [9.17, 15) is 10.2 Å². The Kier molecular flexibility index (Phi) is 5.18. The number of nitrogens with zero attached hydrogens (tertiary/aromatic N) is 6. The Morgan fingerprint density at radius 2 is 1.97 bits per heavy atom. The average molecular weight is 417 g/mol. The molecule has 3 heterocycles. The molecule has 0 spiro atoms. The molecule has 0 bridgehead atoms. The van der Waals surface area contributed by atoms with Gasteiger partial charge in [0.2, 0.25) is 0 Å². The second-order valence-electron chi connectivity index (χ2n) is 8.43. The van der Waals surface area contributed by atoms with Crippen LogP contribution in [0.4, 0.5) is 5.82 Å². The molecule has 2 atom stereocenters. The zero-order valence-corrected chi connectivity index (χ0v) is 17.5. The summed E-state index contributed by atoms with van der Waals surface area (Å²) in [6.07, 6.45) is -0.0451. The van der Waals surface area contributed by atoms with E-state index in [2.05, 4.69) is 10.3 Å². The third-order valence-corrected chi connectivity index (χ3v) is 5.63. The zero-order chi connectivity index (χ0) is 20.8. The van der Waals surface area contributed by atoms with Gasteiger partial charge < -0.3 is 15.1 Å². The molecule has 2 aromatic heterocycles. The summed E-state index contributed by atoms with van der Waals surface area (Å²) in [5.74, 6) is 1.25. The van der Waals surface area contributed by atoms with E-state index in [1.165, 1.54) is 0 Å². The van der Waals surface area contributed by atoms with E-state index in [-0.39, 0.29) is 12.0 Å². The van der Waals surface area contributed by atoms with Crippen LogP contribution in [-0.4, -0.2) is 60.5 Å². The van der Waals surface area contributed by atoms with Crippen molar-refractivity contribution < 1.29 is 10.2 Å². The van der Waals surface area contributed by atoms with Gasteiger partial charge in [0.05, 0.1) is 25.3 Å². The Morgan fingerprint density at radius 3 is 2.66 bits per heavy atom. The smallest absolute Gasteiger partial charge is 0.184 e. The van der Waals surface area contributed by atoms with Gasteiger partial charge in [-0.25, -0.2) is 14.6 Å². The lowest BCUT2D eigenvalue weighted by Crippen LogP contribution is -2.39. The highest BCUT2D eigenvalue weighted by Crippen LogP contribution is 2.32. The van der Waals surface area contributed by atoms with E-state index < -0.39 is 12.1 Å². The van der Waals surface area contributed by atoms with Crippen molar-refractivity contribution >= 4 is 28.6 Å². The molecule has 0 saturated carbocycles. The highest BCUT2D eigenvalue weighted by molar-refractivity contribution is 6.31. The van der Waals surface area contributed by atoms with Crippen LogP contribution in [0.1, 0.15) is 38.6 Å². The largest absolute Gasteiger partial charge is 0.394 e. The molecular formula is C20H25ClN6O2. The van der Waals surface area contributed by atoms with Crippen molar-refractivity contribution in [3.63, 3.8) is 0 Å². The summed E-state index contributed by atoms with van der Waals surface area (Å²) >= 11 is 6.33. The molecule has 0 amide bonds. The summed E-state index contributed by atoms with van der Waals surface area (Å²) in [4.78, 5) is 11.5. The van der Waals surface area contributed by atoms with Crippen LogP contribution in [0, 0.1) is 0 Å². The fourth-order valence-electron chi connectivity index (χ4n) is 3.59. The van der Waals surface area contributed by atoms with Gasteiger partial charge in [0.15, 0.2) is 17.0 Å². The molecule has 2 N–H and O–H groups in total. The van der Waals surface area contributed by atoms with Crippen molar-refractivity contribution in [1.29, 1.82) is 0 Å². The van der Waals surface area contributed by atoms with Gasteiger partial charge in [-0.3, -0.25) is 0 Å². The lowest BCUT2D eigenvalue weighted by molar-refractivity contribution is 0.128. The highest BCUT2D eigenvalue weighted by atomic mass is 35.5. The number of aliphatic hydroxyl groups is 2. The Hall–Kier alpha value is -2.29. The number of hydrogen-bond donors (Lipinski definition) is 2. The van der Waals surface area contributed by atoms with Gasteiger partial charge in [-0.1, -0.05) is 55.8 Å². The minimum absolute atomic E-state index is 0.161. The van der Waals surface area contributed by atoms with Crippen LogP contribution < -0.4 is 4.90 Å². The van der Waals surface area contributed by atoms with Gasteiger partial charge in [-0.05, 0) is 18.1 Å². The fourth-order valence-corrected chi connectivity index (χ4v) is 3.79. The lowest BCUT2D eigenvalue weighted by Gasteiger charge is -2.27. The summed E-state index contributed by atoms with van der Waals surface area (Å²) in [6.45, 7) is 6.99. The first-order valence-corrected chi connectivity index (χ1v) is 10.1. The molecule has 8 nitrogen and oxygen atoms in total. The number of aromatic nitrogens is 5. The molecule has 29 heavy (non-hydrogen) atoms. The monoisotopic (exact) mass is 416 g/mol. The standard InChI is InChI=1S/C20H25ClN6O2/c1-20(2,3)19-22-17(26-9-8-15(29)14(26)11-28)16-18(23-19)27(25-24-16)10-12-6-4-5-7-13(12)21/h4-7,14-15,28-29H,8-11H2,1-3H3/t14?,15-/m1/s1. The molecule has 1 unspecified atom stereocenters. The fraction of sp³-hybridized carbons (Fsp3) is 0.500. The first kappa shape index (κ1) is 20.0. The number of aliphatic hydroxyl groups excluding tert-OH is 2. The van der Waals surface area contributed by atoms with Crippen LogP contribution in [-0.2, 0) is 12.0 Å².